The summed E-state index contributed by atoms with van der Waals surface area (Å²) in [5.74, 6) is 0.326. The summed E-state index contributed by atoms with van der Waals surface area (Å²) in [6.07, 6.45) is 6.35. The first-order valence-corrected chi connectivity index (χ1v) is 13.3. The van der Waals surface area contributed by atoms with Crippen LogP contribution >= 0.6 is 47.8 Å². The molecule has 0 aromatic carbocycles. The van der Waals surface area contributed by atoms with Crippen molar-refractivity contribution < 1.29 is 19.1 Å². The zero-order chi connectivity index (χ0) is 27.6. The van der Waals surface area contributed by atoms with Crippen LogP contribution in [0.1, 0.15) is 47.4 Å². The molecule has 0 radical (unpaired) electrons. The van der Waals surface area contributed by atoms with E-state index in [1.807, 2.05) is 6.07 Å². The fourth-order valence-corrected chi connectivity index (χ4v) is 3.60. The molecule has 0 aliphatic carbocycles. The summed E-state index contributed by atoms with van der Waals surface area (Å²) in [6.45, 7) is 6.18. The fraction of sp³-hybridized carbons (Fsp3) is 0.200. The van der Waals surface area contributed by atoms with Gasteiger partial charge in [-0.05, 0) is 68.3 Å². The summed E-state index contributed by atoms with van der Waals surface area (Å²) >= 11 is 9.33. The second kappa shape index (κ2) is 14.1. The van der Waals surface area contributed by atoms with Gasteiger partial charge in [-0.25, -0.2) is 24.7 Å². The van der Waals surface area contributed by atoms with Crippen molar-refractivity contribution in [2.24, 2.45) is 0 Å². The molecule has 4 aromatic rings. The Morgan fingerprint density at radius 1 is 0.946 bits per heavy atom. The Morgan fingerprint density at radius 3 is 1.97 bits per heavy atom. The van der Waals surface area contributed by atoms with E-state index in [1.54, 1.807) is 36.9 Å². The first kappa shape index (κ1) is 30.3. The third kappa shape index (κ3) is 10.1. The molecule has 0 aliphatic heterocycles. The maximum absolute atomic E-state index is 11.1. The molecule has 0 bridgehead atoms. The van der Waals surface area contributed by atoms with E-state index in [4.69, 9.17) is 15.3 Å². The lowest BCUT2D eigenvalue weighted by Gasteiger charge is -2.11. The van der Waals surface area contributed by atoms with Crippen LogP contribution in [-0.4, -0.2) is 42.1 Å². The number of Topliss-reactive ketones (excluding diaryl/α,β-unsaturated/α-hetero) is 1. The highest BCUT2D eigenvalue weighted by atomic mass is 79.9. The maximum atomic E-state index is 11.1. The van der Waals surface area contributed by atoms with Crippen molar-refractivity contribution in [3.63, 3.8) is 0 Å². The molecule has 4 rings (SSSR count). The monoisotopic (exact) mass is 695 g/mol. The number of rotatable bonds is 4. The van der Waals surface area contributed by atoms with Crippen molar-refractivity contribution in [3.8, 4) is 11.3 Å². The van der Waals surface area contributed by atoms with Crippen LogP contribution in [0.25, 0.3) is 11.3 Å². The normalized spacial score (nSPS) is 10.4. The Hall–Kier alpha value is -2.96. The predicted molar refractivity (Wildman–Crippen MR) is 152 cm³/mol. The third-order valence-electron chi connectivity index (χ3n) is 4.37. The fourth-order valence-electron chi connectivity index (χ4n) is 2.55. The van der Waals surface area contributed by atoms with E-state index in [0.29, 0.717) is 25.9 Å². The summed E-state index contributed by atoms with van der Waals surface area (Å²) < 4.78 is 6.67. The Kier molecular flexibility index (Phi) is 11.5. The molecule has 194 valence electrons. The van der Waals surface area contributed by atoms with E-state index in [9.17, 15) is 9.59 Å². The van der Waals surface area contributed by atoms with Gasteiger partial charge in [0.05, 0.1) is 10.9 Å². The average Bonchev–Trinajstić information content (AvgIpc) is 3.36. The molecule has 0 saturated heterocycles. The quantitative estimate of drug-likeness (QED) is 0.137. The minimum absolute atomic E-state index is 0.0631. The molecule has 9 nitrogen and oxygen atoms in total. The number of carbonyl (C=O) groups is 2. The van der Waals surface area contributed by atoms with E-state index in [2.05, 4.69) is 88.5 Å². The van der Waals surface area contributed by atoms with Crippen LogP contribution in [0, 0.1) is 0 Å². The average molecular weight is 698 g/mol. The van der Waals surface area contributed by atoms with Gasteiger partial charge in [-0.3, -0.25) is 4.79 Å². The molecule has 3 N–H and O–H groups in total. The van der Waals surface area contributed by atoms with Gasteiger partial charge in [0.15, 0.2) is 11.7 Å². The van der Waals surface area contributed by atoms with Gasteiger partial charge in [0.25, 0.3) is 0 Å². The number of nitrogen functional groups attached to an aromatic ring is 1. The third-order valence-corrected chi connectivity index (χ3v) is 5.74. The molecule has 0 aliphatic rings. The van der Waals surface area contributed by atoms with Crippen molar-refractivity contribution in [2.45, 2.75) is 26.2 Å². The van der Waals surface area contributed by atoms with Crippen molar-refractivity contribution >= 4 is 65.4 Å². The number of hydrogen-bond donors (Lipinski definition) is 2. The lowest BCUT2D eigenvalue weighted by Crippen LogP contribution is -2.11. The molecule has 0 saturated carbocycles. The second-order valence-corrected chi connectivity index (χ2v) is 10.5. The summed E-state index contributed by atoms with van der Waals surface area (Å²) in [7, 11) is 0. The van der Waals surface area contributed by atoms with Crippen LogP contribution < -0.4 is 5.73 Å². The number of anilines is 1. The van der Waals surface area contributed by atoms with Crippen LogP contribution in [-0.2, 0) is 5.41 Å². The molecule has 0 unspecified atom stereocenters. The molecule has 0 atom stereocenters. The summed E-state index contributed by atoms with van der Waals surface area (Å²) in [5, 5.41) is 8.81. The van der Waals surface area contributed by atoms with E-state index < -0.39 is 5.97 Å². The number of carboxylic acids is 1. The van der Waals surface area contributed by atoms with Gasteiger partial charge in [-0.15, -0.1) is 0 Å². The molecule has 37 heavy (non-hydrogen) atoms. The smallest absolute Gasteiger partial charge is 0.335 e. The molecule has 0 fully saturated rings. The minimum atomic E-state index is -0.942. The van der Waals surface area contributed by atoms with Gasteiger partial charge in [0, 0.05) is 35.1 Å². The SMILES string of the molecule is CC(C)(C)c1nc(-c2ccnc(N)c2)co1.O=C(CBr)c1ccnc(Br)c1.O=C(O)c1ccnc(Br)c1. The highest BCUT2D eigenvalue weighted by molar-refractivity contribution is 9.10. The van der Waals surface area contributed by atoms with Crippen molar-refractivity contribution in [1.82, 2.24) is 19.9 Å². The van der Waals surface area contributed by atoms with Gasteiger partial charge < -0.3 is 15.3 Å². The van der Waals surface area contributed by atoms with E-state index in [-0.39, 0.29) is 16.8 Å². The molecule has 0 spiro atoms. The number of carbonyl (C=O) groups excluding carboxylic acids is 1. The molecule has 4 heterocycles. The summed E-state index contributed by atoms with van der Waals surface area (Å²) in [5.41, 5.74) is 8.15. The van der Waals surface area contributed by atoms with E-state index in [1.165, 1.54) is 18.3 Å². The standard InChI is InChI=1S/C12H15N3O.C7H5Br2NO.C6H4BrNO2/c1-12(2,3)11-15-9(7-16-11)8-4-5-14-10(13)6-8;8-4-6(11)5-1-2-10-7(9)3-5;7-5-3-4(6(9)10)1-2-8-5/h4-7H,1-3H3,(H2,13,14);1-3H,4H2;1-3H,(H,9,10). The van der Waals surface area contributed by atoms with Crippen LogP contribution in [0.4, 0.5) is 5.82 Å². The van der Waals surface area contributed by atoms with E-state index in [0.717, 1.165) is 17.1 Å². The van der Waals surface area contributed by atoms with Gasteiger partial charge in [-0.2, -0.15) is 0 Å². The number of pyridine rings is 3. The van der Waals surface area contributed by atoms with Gasteiger partial charge in [0.2, 0.25) is 0 Å². The van der Waals surface area contributed by atoms with Gasteiger partial charge in [0.1, 0.15) is 27.0 Å². The number of nitrogens with two attached hydrogens (primary N) is 1. The molecular weight excluding hydrogens is 674 g/mol. The van der Waals surface area contributed by atoms with Gasteiger partial charge >= 0.3 is 5.97 Å². The topological polar surface area (TPSA) is 145 Å². The highest BCUT2D eigenvalue weighted by Gasteiger charge is 2.20. The Morgan fingerprint density at radius 2 is 1.51 bits per heavy atom. The first-order valence-electron chi connectivity index (χ1n) is 10.6. The number of aromatic nitrogens is 4. The van der Waals surface area contributed by atoms with Crippen molar-refractivity contribution in [2.75, 3.05) is 11.1 Å². The maximum Gasteiger partial charge on any atom is 0.335 e. The van der Waals surface area contributed by atoms with Gasteiger partial charge in [-0.1, -0.05) is 36.7 Å². The summed E-state index contributed by atoms with van der Waals surface area (Å²) in [4.78, 5) is 37.4. The van der Waals surface area contributed by atoms with Crippen LogP contribution in [0.5, 0.6) is 0 Å². The van der Waals surface area contributed by atoms with Crippen LogP contribution in [0.3, 0.4) is 0 Å². The summed E-state index contributed by atoms with van der Waals surface area (Å²) in [6, 6.07) is 9.92. The Balaban J connectivity index is 0.000000203. The first-order chi connectivity index (χ1) is 17.4. The number of oxazole rings is 1. The van der Waals surface area contributed by atoms with E-state index >= 15 is 0 Å². The van der Waals surface area contributed by atoms with Crippen molar-refractivity contribution in [3.05, 3.63) is 87.5 Å². The highest BCUT2D eigenvalue weighted by Crippen LogP contribution is 2.26. The number of hydrogen-bond acceptors (Lipinski definition) is 8. The molecular formula is C25H24Br3N5O4. The Bertz CT molecular complexity index is 1360. The lowest BCUT2D eigenvalue weighted by molar-refractivity contribution is 0.0696. The lowest BCUT2D eigenvalue weighted by atomic mass is 9.97. The molecule has 4 aromatic heterocycles. The number of nitrogens with zero attached hydrogens (tertiary/aromatic N) is 4. The number of alkyl halides is 1. The molecule has 0 amide bonds. The number of carboxylic acid groups (broad SMARTS) is 1. The van der Waals surface area contributed by atoms with Crippen molar-refractivity contribution in [1.29, 1.82) is 0 Å². The number of halogens is 3. The van der Waals surface area contributed by atoms with Crippen LogP contribution in [0.2, 0.25) is 0 Å². The second-order valence-electron chi connectivity index (χ2n) is 8.35. The number of ketones is 1. The van der Waals surface area contributed by atoms with Crippen LogP contribution in [0.15, 0.2) is 74.9 Å². The Labute approximate surface area is 239 Å². The predicted octanol–water partition coefficient (Wildman–Crippen LogP) is 6.58. The minimum Gasteiger partial charge on any atom is -0.478 e. The zero-order valence-corrected chi connectivity index (χ0v) is 24.9. The zero-order valence-electron chi connectivity index (χ0n) is 20.2. The molecule has 12 heteroatoms. The number of aromatic carboxylic acids is 1. The largest absolute Gasteiger partial charge is 0.478 e.